The summed E-state index contributed by atoms with van der Waals surface area (Å²) >= 11 is 0. The van der Waals surface area contributed by atoms with Crippen molar-refractivity contribution in [3.05, 3.63) is 53.2 Å². The molecule has 1 N–H and O–H groups in total. The molecule has 0 radical (unpaired) electrons. The van der Waals surface area contributed by atoms with E-state index in [1.165, 1.54) is 5.56 Å². The van der Waals surface area contributed by atoms with Crippen LogP contribution >= 0.6 is 0 Å². The molecule has 0 fully saturated rings. The van der Waals surface area contributed by atoms with E-state index in [1.807, 2.05) is 19.3 Å². The Morgan fingerprint density at radius 3 is 2.53 bits per heavy atom. The van der Waals surface area contributed by atoms with Crippen LogP contribution in [0.25, 0.3) is 0 Å². The maximum Gasteiger partial charge on any atom is 0.121 e. The second kappa shape index (κ2) is 6.53. The van der Waals surface area contributed by atoms with Gasteiger partial charge in [0, 0.05) is 24.7 Å². The summed E-state index contributed by atoms with van der Waals surface area (Å²) in [6.45, 7) is 4.24. The maximum atomic E-state index is 5.81. The molecule has 0 saturated heterocycles. The van der Waals surface area contributed by atoms with Crippen molar-refractivity contribution in [1.29, 1.82) is 0 Å². The molecule has 2 rings (SSSR count). The van der Waals surface area contributed by atoms with Gasteiger partial charge in [0.25, 0.3) is 0 Å². The summed E-state index contributed by atoms with van der Waals surface area (Å²) in [6, 6.07) is 8.54. The quantitative estimate of drug-likeness (QED) is 0.864. The second-order valence-electron chi connectivity index (χ2n) is 4.71. The van der Waals surface area contributed by atoms with Crippen LogP contribution in [0.4, 0.5) is 0 Å². The van der Waals surface area contributed by atoms with Gasteiger partial charge < -0.3 is 9.73 Å². The number of furan rings is 1. The number of nitrogens with zero attached hydrogens (tertiary/aromatic N) is 1. The molecule has 102 valence electrons. The Bertz CT molecular complexity index is 502. The lowest BCUT2D eigenvalue weighted by Crippen LogP contribution is -2.18. The molecule has 0 aromatic carbocycles. The van der Waals surface area contributed by atoms with E-state index in [9.17, 15) is 0 Å². The van der Waals surface area contributed by atoms with Crippen LogP contribution in [-0.4, -0.2) is 12.0 Å². The molecule has 0 spiro atoms. The second-order valence-corrected chi connectivity index (χ2v) is 4.71. The first kappa shape index (κ1) is 13.8. The molecule has 2 heterocycles. The predicted octanol–water partition coefficient (Wildman–Crippen LogP) is 3.30. The van der Waals surface area contributed by atoms with Gasteiger partial charge in [-0.05, 0) is 37.2 Å². The minimum absolute atomic E-state index is 0.181. The van der Waals surface area contributed by atoms with E-state index in [2.05, 4.69) is 42.3 Å². The molecule has 19 heavy (non-hydrogen) atoms. The molecule has 3 nitrogen and oxygen atoms in total. The van der Waals surface area contributed by atoms with Crippen molar-refractivity contribution >= 4 is 0 Å². The molecule has 0 aliphatic heterocycles. The molecule has 2 aromatic heterocycles. The maximum absolute atomic E-state index is 5.81. The largest absolute Gasteiger partial charge is 0.464 e. The first-order valence-corrected chi connectivity index (χ1v) is 6.96. The van der Waals surface area contributed by atoms with Crippen molar-refractivity contribution in [2.45, 2.75) is 39.2 Å². The molecule has 0 amide bonds. The van der Waals surface area contributed by atoms with Crippen LogP contribution in [0.1, 0.15) is 42.7 Å². The minimum atomic E-state index is 0.181. The first-order valence-electron chi connectivity index (χ1n) is 6.96. The molecule has 2 aromatic rings. The highest BCUT2D eigenvalue weighted by Gasteiger charge is 2.14. The van der Waals surface area contributed by atoms with Crippen LogP contribution in [0.2, 0.25) is 0 Å². The number of likely N-dealkylation sites (N-methyl/N-ethyl adjacent to an activating group) is 1. The van der Waals surface area contributed by atoms with Crippen LogP contribution in [0, 0.1) is 0 Å². The summed E-state index contributed by atoms with van der Waals surface area (Å²) in [5.74, 6) is 2.02. The lowest BCUT2D eigenvalue weighted by Gasteiger charge is -2.13. The van der Waals surface area contributed by atoms with Crippen LogP contribution in [0.15, 0.2) is 34.9 Å². The van der Waals surface area contributed by atoms with E-state index in [-0.39, 0.29) is 6.04 Å². The Kier molecular flexibility index (Phi) is 4.74. The smallest absolute Gasteiger partial charge is 0.121 e. The number of hydrogen-bond acceptors (Lipinski definition) is 3. The molecule has 3 heteroatoms. The number of hydrogen-bond donors (Lipinski definition) is 1. The predicted molar refractivity (Wildman–Crippen MR) is 77.2 cm³/mol. The lowest BCUT2D eigenvalue weighted by molar-refractivity contribution is 0.405. The summed E-state index contributed by atoms with van der Waals surface area (Å²) in [6.07, 6.45) is 4.76. The van der Waals surface area contributed by atoms with Gasteiger partial charge in [-0.2, -0.15) is 0 Å². The molecule has 0 bridgehead atoms. The van der Waals surface area contributed by atoms with Gasteiger partial charge in [0.15, 0.2) is 0 Å². The fourth-order valence-electron chi connectivity index (χ4n) is 2.11. The SMILES string of the molecule is CCc1ccc(CC(NC)c2ccc(CC)o2)nc1. The zero-order chi connectivity index (χ0) is 13.7. The van der Waals surface area contributed by atoms with Crippen LogP contribution < -0.4 is 5.32 Å². The van der Waals surface area contributed by atoms with E-state index in [0.717, 1.165) is 36.5 Å². The third kappa shape index (κ3) is 3.44. The topological polar surface area (TPSA) is 38.1 Å². The Morgan fingerprint density at radius 1 is 1.16 bits per heavy atom. The molecule has 1 atom stereocenters. The van der Waals surface area contributed by atoms with E-state index in [0.29, 0.717) is 0 Å². The van der Waals surface area contributed by atoms with E-state index in [1.54, 1.807) is 0 Å². The van der Waals surface area contributed by atoms with E-state index >= 15 is 0 Å². The van der Waals surface area contributed by atoms with Crippen molar-refractivity contribution in [1.82, 2.24) is 10.3 Å². The van der Waals surface area contributed by atoms with Crippen molar-refractivity contribution < 1.29 is 4.42 Å². The Morgan fingerprint density at radius 2 is 2.00 bits per heavy atom. The summed E-state index contributed by atoms with van der Waals surface area (Å²) in [5, 5.41) is 3.30. The van der Waals surface area contributed by atoms with E-state index in [4.69, 9.17) is 4.42 Å². The van der Waals surface area contributed by atoms with Crippen molar-refractivity contribution in [3.63, 3.8) is 0 Å². The first-order chi connectivity index (χ1) is 9.26. The van der Waals surface area contributed by atoms with Gasteiger partial charge >= 0.3 is 0 Å². The van der Waals surface area contributed by atoms with Gasteiger partial charge in [0.2, 0.25) is 0 Å². The number of aromatic nitrogens is 1. The molecule has 0 aliphatic rings. The van der Waals surface area contributed by atoms with Gasteiger partial charge in [-0.1, -0.05) is 19.9 Å². The van der Waals surface area contributed by atoms with Gasteiger partial charge in [0.05, 0.1) is 6.04 Å². The van der Waals surface area contributed by atoms with Crippen molar-refractivity contribution in [2.24, 2.45) is 0 Å². The normalized spacial score (nSPS) is 12.6. The third-order valence-corrected chi connectivity index (χ3v) is 3.43. The van der Waals surface area contributed by atoms with Crippen LogP contribution in [0.5, 0.6) is 0 Å². The molecule has 0 saturated carbocycles. The van der Waals surface area contributed by atoms with Gasteiger partial charge in [0.1, 0.15) is 11.5 Å². The van der Waals surface area contributed by atoms with Crippen LogP contribution in [-0.2, 0) is 19.3 Å². The molecular formula is C16H22N2O. The fourth-order valence-corrected chi connectivity index (χ4v) is 2.11. The van der Waals surface area contributed by atoms with E-state index < -0.39 is 0 Å². The summed E-state index contributed by atoms with van der Waals surface area (Å²) < 4.78 is 5.81. The Hall–Kier alpha value is -1.61. The number of pyridine rings is 1. The van der Waals surface area contributed by atoms with Gasteiger partial charge in [-0.25, -0.2) is 0 Å². The minimum Gasteiger partial charge on any atom is -0.464 e. The van der Waals surface area contributed by atoms with Crippen LogP contribution in [0.3, 0.4) is 0 Å². The highest BCUT2D eigenvalue weighted by Crippen LogP contribution is 2.20. The zero-order valence-corrected chi connectivity index (χ0v) is 11.9. The average Bonchev–Trinajstić information content (AvgIpc) is 2.94. The molecule has 0 aliphatic carbocycles. The highest BCUT2D eigenvalue weighted by molar-refractivity contribution is 5.17. The standard InChI is InChI=1S/C16H22N2O/c1-4-12-6-7-13(18-11-12)10-15(17-3)16-9-8-14(5-2)19-16/h6-9,11,15,17H,4-5,10H2,1-3H3. The van der Waals surface area contributed by atoms with Gasteiger partial charge in [-0.3, -0.25) is 4.98 Å². The monoisotopic (exact) mass is 258 g/mol. The molecule has 1 unspecified atom stereocenters. The number of rotatable bonds is 6. The van der Waals surface area contributed by atoms with Crippen molar-refractivity contribution in [3.8, 4) is 0 Å². The summed E-state index contributed by atoms with van der Waals surface area (Å²) in [5.41, 5.74) is 2.36. The Balaban J connectivity index is 2.09. The van der Waals surface area contributed by atoms with Gasteiger partial charge in [-0.15, -0.1) is 0 Å². The third-order valence-electron chi connectivity index (χ3n) is 3.43. The summed E-state index contributed by atoms with van der Waals surface area (Å²) in [4.78, 5) is 4.51. The number of nitrogens with one attached hydrogen (secondary N) is 1. The zero-order valence-electron chi connectivity index (χ0n) is 11.9. The fraction of sp³-hybridized carbons (Fsp3) is 0.438. The van der Waals surface area contributed by atoms with Crippen molar-refractivity contribution in [2.75, 3.05) is 7.05 Å². The molecular weight excluding hydrogens is 236 g/mol. The lowest BCUT2D eigenvalue weighted by atomic mass is 10.1. The highest BCUT2D eigenvalue weighted by atomic mass is 16.3. The number of aryl methyl sites for hydroxylation is 2. The summed E-state index contributed by atoms with van der Waals surface area (Å²) in [7, 11) is 1.96. The average molecular weight is 258 g/mol. The Labute approximate surface area is 115 Å².